The van der Waals surface area contributed by atoms with E-state index in [-0.39, 0.29) is 0 Å². The van der Waals surface area contributed by atoms with Gasteiger partial charge in [-0.05, 0) is 12.8 Å². The predicted molar refractivity (Wildman–Crippen MR) is 122 cm³/mol. The second kappa shape index (κ2) is 17.7. The molecule has 0 spiro atoms. The largest absolute Gasteiger partial charge is 0.394 e. The van der Waals surface area contributed by atoms with Gasteiger partial charge in [0.15, 0.2) is 6.10 Å². The summed E-state index contributed by atoms with van der Waals surface area (Å²) in [7, 11) is 4.33. The third-order valence-corrected chi connectivity index (χ3v) is 5.88. The van der Waals surface area contributed by atoms with Crippen LogP contribution >= 0.6 is 0 Å². The minimum Gasteiger partial charge on any atom is -0.394 e. The average molecular weight is 450 g/mol. The number of hydrogen-bond donors (Lipinski definition) is 6. The number of aliphatic hydroxyl groups is 5. The van der Waals surface area contributed by atoms with Crippen molar-refractivity contribution in [3.63, 3.8) is 0 Å². The van der Waals surface area contributed by atoms with Gasteiger partial charge in [-0.2, -0.15) is 0 Å². The predicted octanol–water partition coefficient (Wildman–Crippen LogP) is 0.926. The molecule has 0 heterocycles. The van der Waals surface area contributed by atoms with Crippen molar-refractivity contribution >= 4 is 5.91 Å². The lowest BCUT2D eigenvalue weighted by atomic mass is 10.0. The van der Waals surface area contributed by atoms with Crippen molar-refractivity contribution in [2.24, 2.45) is 0 Å². The Balaban J connectivity index is 3.86. The van der Waals surface area contributed by atoms with Crippen LogP contribution in [0.4, 0.5) is 0 Å². The smallest absolute Gasteiger partial charge is 0.251 e. The van der Waals surface area contributed by atoms with E-state index in [1.807, 2.05) is 0 Å². The van der Waals surface area contributed by atoms with Gasteiger partial charge in [0.25, 0.3) is 5.91 Å². The molecule has 6 N–H and O–H groups in total. The monoisotopic (exact) mass is 449 g/mol. The lowest BCUT2D eigenvalue weighted by Gasteiger charge is -2.30. The molecule has 0 aromatic carbocycles. The minimum absolute atomic E-state index is 0.348. The van der Waals surface area contributed by atoms with Crippen molar-refractivity contribution in [2.45, 2.75) is 102 Å². The molecule has 8 heteroatoms. The van der Waals surface area contributed by atoms with Gasteiger partial charge in [-0.15, -0.1) is 0 Å². The van der Waals surface area contributed by atoms with Crippen LogP contribution in [-0.4, -0.2) is 101 Å². The van der Waals surface area contributed by atoms with E-state index in [1.165, 1.54) is 64.2 Å². The Hall–Kier alpha value is -0.770. The molecule has 0 aromatic heterocycles. The molecule has 0 aliphatic carbocycles. The van der Waals surface area contributed by atoms with Crippen molar-refractivity contribution in [3.8, 4) is 0 Å². The zero-order chi connectivity index (χ0) is 23.7. The first kappa shape index (κ1) is 30.2. The lowest BCUT2D eigenvalue weighted by Crippen LogP contribution is -2.52. The number of carbonyl (C=O) groups is 1. The maximum Gasteiger partial charge on any atom is 0.251 e. The first-order valence-corrected chi connectivity index (χ1v) is 12.1. The molecule has 0 saturated carbocycles. The van der Waals surface area contributed by atoms with Crippen LogP contribution in [0.3, 0.4) is 0 Å². The Morgan fingerprint density at radius 3 is 1.77 bits per heavy atom. The molecule has 186 valence electrons. The highest BCUT2D eigenvalue weighted by atomic mass is 16.4. The van der Waals surface area contributed by atoms with Gasteiger partial charge in [-0.25, -0.2) is 0 Å². The van der Waals surface area contributed by atoms with Crippen LogP contribution in [0.15, 0.2) is 0 Å². The number of rotatable bonds is 20. The molecular weight excluding hydrogens is 400 g/mol. The quantitative estimate of drug-likeness (QED) is 0.121. The van der Waals surface area contributed by atoms with Crippen molar-refractivity contribution < 1.29 is 34.8 Å². The molecule has 0 aromatic rings. The van der Waals surface area contributed by atoms with E-state index < -0.39 is 36.9 Å². The molecule has 0 bridgehead atoms. The Morgan fingerprint density at radius 2 is 1.26 bits per heavy atom. The fraction of sp³-hybridized carbons (Fsp3) is 0.957. The molecule has 0 unspecified atom stereocenters. The second-order valence-corrected chi connectivity index (χ2v) is 9.39. The van der Waals surface area contributed by atoms with Crippen LogP contribution in [0.2, 0.25) is 0 Å². The van der Waals surface area contributed by atoms with Gasteiger partial charge in [0, 0.05) is 13.0 Å². The fourth-order valence-electron chi connectivity index (χ4n) is 3.64. The van der Waals surface area contributed by atoms with Crippen LogP contribution in [0, 0.1) is 0 Å². The number of nitrogens with zero attached hydrogens (tertiary/aromatic N) is 1. The van der Waals surface area contributed by atoms with Crippen LogP contribution in [0.25, 0.3) is 0 Å². The van der Waals surface area contributed by atoms with Gasteiger partial charge < -0.3 is 35.3 Å². The fourth-order valence-corrected chi connectivity index (χ4v) is 3.64. The van der Waals surface area contributed by atoms with E-state index >= 15 is 0 Å². The molecule has 8 nitrogen and oxygen atoms in total. The van der Waals surface area contributed by atoms with Gasteiger partial charge in [-0.1, -0.05) is 58.3 Å². The Bertz CT molecular complexity index is 450. The second-order valence-electron chi connectivity index (χ2n) is 9.39. The average Bonchev–Trinajstić information content (AvgIpc) is 2.75. The van der Waals surface area contributed by atoms with Crippen molar-refractivity contribution in [2.75, 3.05) is 40.3 Å². The van der Waals surface area contributed by atoms with Crippen LogP contribution in [0.5, 0.6) is 0 Å². The summed E-state index contributed by atoms with van der Waals surface area (Å²) in [6, 6.07) is 0. The number of hydrogen-bond acceptors (Lipinski definition) is 6. The Morgan fingerprint density at radius 1 is 0.774 bits per heavy atom. The highest BCUT2D eigenvalue weighted by Crippen LogP contribution is 2.12. The zero-order valence-corrected chi connectivity index (χ0v) is 20.0. The standard InChI is InChI=1S/C23H48N2O6/c1-4-5-6-7-8-9-10-11-12-13-16-25(2,3)17-14-15-24-23(31)22(30)21(29)20(28)19(27)18-26/h19-22,26-30H,4-18H2,1-3H3/p+1/t19-,20-,21+,22-/m1/s1. The SMILES string of the molecule is CCCCCCCCCCCC[N+](C)(C)CCCNC(=O)[C@H](O)[C@@H](O)[C@H](O)[C@H](O)CO. The van der Waals surface area contributed by atoms with Crippen molar-refractivity contribution in [3.05, 3.63) is 0 Å². The summed E-state index contributed by atoms with van der Waals surface area (Å²) in [6.45, 7) is 3.77. The molecule has 0 aliphatic rings. The van der Waals surface area contributed by atoms with Gasteiger partial charge >= 0.3 is 0 Å². The molecule has 0 rings (SSSR count). The number of aliphatic hydroxyl groups excluding tert-OH is 5. The Kier molecular flexibility index (Phi) is 17.3. The third-order valence-electron chi connectivity index (χ3n) is 5.88. The van der Waals surface area contributed by atoms with Crippen LogP contribution in [-0.2, 0) is 4.79 Å². The topological polar surface area (TPSA) is 130 Å². The highest BCUT2D eigenvalue weighted by Gasteiger charge is 2.34. The zero-order valence-electron chi connectivity index (χ0n) is 20.0. The molecule has 0 radical (unpaired) electrons. The van der Waals surface area contributed by atoms with Crippen LogP contribution in [0.1, 0.15) is 77.6 Å². The normalized spacial score (nSPS) is 16.0. The maximum absolute atomic E-state index is 11.9. The number of amides is 1. The summed E-state index contributed by atoms with van der Waals surface area (Å²) in [5.41, 5.74) is 0. The molecule has 0 aliphatic heterocycles. The number of unbranched alkanes of at least 4 members (excludes halogenated alkanes) is 9. The molecule has 31 heavy (non-hydrogen) atoms. The Labute approximate surface area is 188 Å². The van der Waals surface area contributed by atoms with Gasteiger partial charge in [-0.3, -0.25) is 4.79 Å². The van der Waals surface area contributed by atoms with E-state index in [1.54, 1.807) is 0 Å². The molecule has 0 saturated heterocycles. The molecule has 4 atom stereocenters. The molecule has 1 amide bonds. The van der Waals surface area contributed by atoms with Gasteiger partial charge in [0.05, 0.1) is 33.8 Å². The first-order chi connectivity index (χ1) is 14.7. The third kappa shape index (κ3) is 14.8. The number of nitrogens with one attached hydrogen (secondary N) is 1. The van der Waals surface area contributed by atoms with E-state index in [0.29, 0.717) is 6.54 Å². The molecular formula is C23H49N2O6+. The highest BCUT2D eigenvalue weighted by molar-refractivity contribution is 5.81. The number of quaternary nitrogens is 1. The van der Waals surface area contributed by atoms with E-state index in [4.69, 9.17) is 5.11 Å². The number of carbonyl (C=O) groups excluding carboxylic acids is 1. The van der Waals surface area contributed by atoms with E-state index in [9.17, 15) is 25.2 Å². The molecule has 0 fully saturated rings. The summed E-state index contributed by atoms with van der Waals surface area (Å²) >= 11 is 0. The van der Waals surface area contributed by atoms with Crippen LogP contribution < -0.4 is 5.32 Å². The van der Waals surface area contributed by atoms with E-state index in [0.717, 1.165) is 24.0 Å². The van der Waals surface area contributed by atoms with Gasteiger partial charge in [0.1, 0.15) is 18.3 Å². The summed E-state index contributed by atoms with van der Waals surface area (Å²) < 4.78 is 0.861. The van der Waals surface area contributed by atoms with Crippen molar-refractivity contribution in [1.29, 1.82) is 0 Å². The maximum atomic E-state index is 11.9. The summed E-state index contributed by atoms with van der Waals surface area (Å²) in [4.78, 5) is 11.9. The summed E-state index contributed by atoms with van der Waals surface area (Å²) in [5, 5.41) is 49.7. The van der Waals surface area contributed by atoms with Crippen molar-refractivity contribution in [1.82, 2.24) is 5.32 Å². The summed E-state index contributed by atoms with van der Waals surface area (Å²) in [6.07, 6.45) is 6.71. The lowest BCUT2D eigenvalue weighted by molar-refractivity contribution is -0.890. The minimum atomic E-state index is -1.87. The first-order valence-electron chi connectivity index (χ1n) is 12.1. The summed E-state index contributed by atoms with van der Waals surface area (Å²) in [5.74, 6) is -0.809. The van der Waals surface area contributed by atoms with Gasteiger partial charge in [0.2, 0.25) is 0 Å². The van der Waals surface area contributed by atoms with E-state index in [2.05, 4.69) is 26.3 Å².